The second kappa shape index (κ2) is 4.34. The van der Waals surface area contributed by atoms with Crippen molar-refractivity contribution in [1.82, 2.24) is 4.90 Å². The molecule has 1 heterocycles. The molecule has 0 aromatic carbocycles. The summed E-state index contributed by atoms with van der Waals surface area (Å²) in [6, 6.07) is 0.417. The molecule has 1 aliphatic carbocycles. The molecular formula is C12H21NO3. The maximum absolute atomic E-state index is 11.3. The summed E-state index contributed by atoms with van der Waals surface area (Å²) >= 11 is 0. The number of likely N-dealkylation sites (tertiary alicyclic amines) is 1. The van der Waals surface area contributed by atoms with Crippen LogP contribution in [0, 0.1) is 0 Å². The summed E-state index contributed by atoms with van der Waals surface area (Å²) < 4.78 is 5.52. The maximum Gasteiger partial charge on any atom is 0.323 e. The Balaban J connectivity index is 1.93. The van der Waals surface area contributed by atoms with Gasteiger partial charge in [-0.1, -0.05) is 0 Å². The van der Waals surface area contributed by atoms with Crippen LogP contribution in [0.5, 0.6) is 0 Å². The number of carboxylic acid groups (broad SMARTS) is 1. The van der Waals surface area contributed by atoms with Crippen molar-refractivity contribution in [1.29, 1.82) is 0 Å². The van der Waals surface area contributed by atoms with E-state index in [2.05, 4.69) is 4.90 Å². The van der Waals surface area contributed by atoms with Gasteiger partial charge in [-0.2, -0.15) is 0 Å². The first-order chi connectivity index (χ1) is 7.58. The van der Waals surface area contributed by atoms with E-state index in [9.17, 15) is 9.90 Å². The average Bonchev–Trinajstić information content (AvgIpc) is 2.55. The van der Waals surface area contributed by atoms with Crippen LogP contribution in [-0.4, -0.2) is 46.8 Å². The van der Waals surface area contributed by atoms with Crippen LogP contribution in [0.1, 0.15) is 39.5 Å². The van der Waals surface area contributed by atoms with E-state index in [1.54, 1.807) is 0 Å². The zero-order valence-corrected chi connectivity index (χ0v) is 10.1. The van der Waals surface area contributed by atoms with Crippen LogP contribution in [0.4, 0.5) is 0 Å². The highest BCUT2D eigenvalue weighted by atomic mass is 16.5. The van der Waals surface area contributed by atoms with Crippen LogP contribution >= 0.6 is 0 Å². The fourth-order valence-electron chi connectivity index (χ4n) is 2.96. The minimum Gasteiger partial charge on any atom is -0.480 e. The Labute approximate surface area is 96.6 Å². The third kappa shape index (κ3) is 1.84. The molecule has 1 saturated heterocycles. The molecule has 0 aromatic heterocycles. The fourth-order valence-corrected chi connectivity index (χ4v) is 2.96. The zero-order chi connectivity index (χ0) is 11.8. The molecule has 2 fully saturated rings. The van der Waals surface area contributed by atoms with Crippen molar-refractivity contribution >= 4 is 5.97 Å². The molecule has 2 aliphatic rings. The van der Waals surface area contributed by atoms with Crippen molar-refractivity contribution in [3.63, 3.8) is 0 Å². The van der Waals surface area contributed by atoms with Crippen LogP contribution < -0.4 is 0 Å². The number of hydrogen-bond acceptors (Lipinski definition) is 3. The number of nitrogens with zero attached hydrogens (tertiary/aromatic N) is 1. The molecule has 1 aliphatic heterocycles. The summed E-state index contributed by atoms with van der Waals surface area (Å²) in [5.74, 6) is -0.676. The second-order valence-corrected chi connectivity index (χ2v) is 5.08. The van der Waals surface area contributed by atoms with Gasteiger partial charge in [0.1, 0.15) is 5.54 Å². The van der Waals surface area contributed by atoms with Gasteiger partial charge in [-0.25, -0.2) is 0 Å². The van der Waals surface area contributed by atoms with Gasteiger partial charge in [0.25, 0.3) is 0 Å². The van der Waals surface area contributed by atoms with E-state index >= 15 is 0 Å². The second-order valence-electron chi connectivity index (χ2n) is 5.08. The van der Waals surface area contributed by atoms with E-state index < -0.39 is 11.5 Å². The van der Waals surface area contributed by atoms with E-state index in [4.69, 9.17) is 4.74 Å². The summed E-state index contributed by atoms with van der Waals surface area (Å²) in [5, 5.41) is 9.31. The van der Waals surface area contributed by atoms with Crippen LogP contribution in [0.3, 0.4) is 0 Å². The number of carboxylic acids is 1. The van der Waals surface area contributed by atoms with E-state index in [0.717, 1.165) is 38.8 Å². The molecule has 1 atom stereocenters. The topological polar surface area (TPSA) is 49.8 Å². The van der Waals surface area contributed by atoms with Crippen LogP contribution in [-0.2, 0) is 9.53 Å². The Morgan fingerprint density at radius 1 is 1.56 bits per heavy atom. The first-order valence-electron chi connectivity index (χ1n) is 6.19. The highest BCUT2D eigenvalue weighted by molar-refractivity contribution is 5.78. The first kappa shape index (κ1) is 11.9. The summed E-state index contributed by atoms with van der Waals surface area (Å²) in [4.78, 5) is 13.5. The molecule has 0 spiro atoms. The fraction of sp³-hybridized carbons (Fsp3) is 0.917. The van der Waals surface area contributed by atoms with E-state index in [1.165, 1.54) is 0 Å². The lowest BCUT2D eigenvalue weighted by molar-refractivity contribution is -0.153. The van der Waals surface area contributed by atoms with Crippen molar-refractivity contribution in [2.75, 3.05) is 13.2 Å². The van der Waals surface area contributed by atoms with Gasteiger partial charge in [-0.05, 0) is 46.1 Å². The SMILES string of the molecule is CCOC1CC(N2CCCC2(C)C(=O)O)C1. The largest absolute Gasteiger partial charge is 0.480 e. The third-order valence-electron chi connectivity index (χ3n) is 4.07. The summed E-state index contributed by atoms with van der Waals surface area (Å²) in [6.45, 7) is 5.54. The molecule has 4 heteroatoms. The Morgan fingerprint density at radius 3 is 2.81 bits per heavy atom. The molecule has 0 amide bonds. The zero-order valence-electron chi connectivity index (χ0n) is 10.1. The van der Waals surface area contributed by atoms with Crippen molar-refractivity contribution in [2.45, 2.75) is 57.2 Å². The number of aliphatic carboxylic acids is 1. The predicted molar refractivity (Wildman–Crippen MR) is 60.4 cm³/mol. The number of ether oxygens (including phenoxy) is 1. The molecule has 4 nitrogen and oxygen atoms in total. The predicted octanol–water partition coefficient (Wildman–Crippen LogP) is 1.49. The molecule has 92 valence electrons. The van der Waals surface area contributed by atoms with Crippen molar-refractivity contribution in [2.24, 2.45) is 0 Å². The Bertz CT molecular complexity index is 275. The minimum absolute atomic E-state index is 0.355. The summed E-state index contributed by atoms with van der Waals surface area (Å²) in [5.41, 5.74) is -0.637. The monoisotopic (exact) mass is 227 g/mol. The molecule has 0 bridgehead atoms. The average molecular weight is 227 g/mol. The molecular weight excluding hydrogens is 206 g/mol. The van der Waals surface area contributed by atoms with Gasteiger partial charge in [-0.15, -0.1) is 0 Å². The van der Waals surface area contributed by atoms with Gasteiger partial charge in [0.05, 0.1) is 6.10 Å². The molecule has 1 unspecified atom stereocenters. The highest BCUT2D eigenvalue weighted by Crippen LogP contribution is 2.38. The van der Waals surface area contributed by atoms with E-state index in [0.29, 0.717) is 12.1 Å². The highest BCUT2D eigenvalue weighted by Gasteiger charge is 2.49. The standard InChI is InChI=1S/C12H21NO3/c1-3-16-10-7-9(8-10)13-6-4-5-12(13,2)11(14)15/h9-10H,3-8H2,1-2H3,(H,14,15). The van der Waals surface area contributed by atoms with Gasteiger partial charge < -0.3 is 9.84 Å². The first-order valence-corrected chi connectivity index (χ1v) is 6.19. The minimum atomic E-state index is -0.676. The Morgan fingerprint density at radius 2 is 2.25 bits per heavy atom. The van der Waals surface area contributed by atoms with Gasteiger partial charge in [-0.3, -0.25) is 9.69 Å². The molecule has 0 radical (unpaired) electrons. The lowest BCUT2D eigenvalue weighted by Crippen LogP contribution is -2.57. The van der Waals surface area contributed by atoms with Crippen molar-refractivity contribution < 1.29 is 14.6 Å². The normalized spacial score (nSPS) is 39.6. The lowest BCUT2D eigenvalue weighted by atomic mass is 9.85. The maximum atomic E-state index is 11.3. The van der Waals surface area contributed by atoms with Gasteiger partial charge >= 0.3 is 5.97 Å². The molecule has 16 heavy (non-hydrogen) atoms. The van der Waals surface area contributed by atoms with Gasteiger partial charge in [0.15, 0.2) is 0 Å². The smallest absolute Gasteiger partial charge is 0.323 e. The molecule has 0 aromatic rings. The van der Waals surface area contributed by atoms with Crippen molar-refractivity contribution in [3.8, 4) is 0 Å². The van der Waals surface area contributed by atoms with Crippen molar-refractivity contribution in [3.05, 3.63) is 0 Å². The van der Waals surface area contributed by atoms with Gasteiger partial charge in [0, 0.05) is 12.6 Å². The molecule has 1 N–H and O–H groups in total. The summed E-state index contributed by atoms with van der Waals surface area (Å²) in [7, 11) is 0. The number of rotatable bonds is 4. The van der Waals surface area contributed by atoms with Gasteiger partial charge in [0.2, 0.25) is 0 Å². The van der Waals surface area contributed by atoms with Crippen LogP contribution in [0.25, 0.3) is 0 Å². The van der Waals surface area contributed by atoms with E-state index in [1.807, 2.05) is 13.8 Å². The third-order valence-corrected chi connectivity index (χ3v) is 4.07. The molecule has 2 rings (SSSR count). The number of hydrogen-bond donors (Lipinski definition) is 1. The quantitative estimate of drug-likeness (QED) is 0.790. The Kier molecular flexibility index (Phi) is 3.22. The van der Waals surface area contributed by atoms with Crippen LogP contribution in [0.15, 0.2) is 0 Å². The number of carbonyl (C=O) groups is 1. The Hall–Kier alpha value is -0.610. The lowest BCUT2D eigenvalue weighted by Gasteiger charge is -2.46. The van der Waals surface area contributed by atoms with E-state index in [-0.39, 0.29) is 0 Å². The summed E-state index contributed by atoms with van der Waals surface area (Å²) in [6.07, 6.45) is 4.12. The van der Waals surface area contributed by atoms with Crippen LogP contribution in [0.2, 0.25) is 0 Å². The molecule has 1 saturated carbocycles.